The summed E-state index contributed by atoms with van der Waals surface area (Å²) in [6.45, 7) is 0. The van der Waals surface area contributed by atoms with Crippen LogP contribution in [0.4, 0.5) is 0 Å². The number of nitrogens with zero attached hydrogens (tertiary/aromatic N) is 2. The van der Waals surface area contributed by atoms with Crippen LogP contribution in [0.15, 0.2) is 170 Å². The Bertz CT molecular complexity index is 2890. The Labute approximate surface area is 272 Å². The van der Waals surface area contributed by atoms with Crippen molar-refractivity contribution in [1.82, 2.24) is 9.55 Å². The summed E-state index contributed by atoms with van der Waals surface area (Å²) in [4.78, 5) is 4.95. The fourth-order valence-electron chi connectivity index (χ4n) is 6.47. The van der Waals surface area contributed by atoms with Crippen LogP contribution in [0.3, 0.4) is 0 Å². The van der Waals surface area contributed by atoms with Crippen molar-refractivity contribution in [1.29, 1.82) is 0 Å². The van der Waals surface area contributed by atoms with Gasteiger partial charge in [0.25, 0.3) is 0 Å². The van der Waals surface area contributed by atoms with Gasteiger partial charge < -0.3 is 0 Å². The Morgan fingerprint density at radius 2 is 1.07 bits per heavy atom. The van der Waals surface area contributed by atoms with Gasteiger partial charge in [0.15, 0.2) is 0 Å². The number of benzene rings is 8. The molecule has 0 bridgehead atoms. The van der Waals surface area contributed by atoms with Gasteiger partial charge in [0.1, 0.15) is 5.82 Å². The fourth-order valence-corrected chi connectivity index (χ4v) is 6.47. The predicted octanol–water partition coefficient (Wildman–Crippen LogP) is 11.5. The lowest BCUT2D eigenvalue weighted by atomic mass is 9.85. The van der Waals surface area contributed by atoms with Crippen LogP contribution in [-0.4, -0.2) is 9.55 Å². The molecular formula is C43H28N2. The fraction of sp³-hybridized carbons (Fsp3) is 0. The average Bonchev–Trinajstić information content (AvgIpc) is 3.59. The zero-order valence-corrected chi connectivity index (χ0v) is 23.9. The minimum atomic E-state index is -0.429. The highest BCUT2D eigenvalue weighted by atomic mass is 15.1. The molecule has 0 saturated heterocycles. The van der Waals surface area contributed by atoms with E-state index in [-0.39, 0.29) is 45.7 Å². The number of para-hydroxylation sites is 2. The molecule has 0 amide bonds. The van der Waals surface area contributed by atoms with Crippen LogP contribution >= 0.6 is 0 Å². The molecule has 0 atom stereocenters. The third-order valence-corrected chi connectivity index (χ3v) is 8.44. The van der Waals surface area contributed by atoms with Crippen LogP contribution in [-0.2, 0) is 0 Å². The van der Waals surface area contributed by atoms with Gasteiger partial charge in [-0.2, -0.15) is 0 Å². The zero-order valence-electron chi connectivity index (χ0n) is 31.9. The van der Waals surface area contributed by atoms with Crippen molar-refractivity contribution < 1.29 is 11.0 Å². The van der Waals surface area contributed by atoms with Crippen molar-refractivity contribution in [3.63, 3.8) is 0 Å². The Morgan fingerprint density at radius 1 is 0.467 bits per heavy atom. The summed E-state index contributed by atoms with van der Waals surface area (Å²) in [5.41, 5.74) is 5.24. The van der Waals surface area contributed by atoms with E-state index in [0.29, 0.717) is 22.3 Å². The summed E-state index contributed by atoms with van der Waals surface area (Å²) < 4.78 is 74.3. The summed E-state index contributed by atoms with van der Waals surface area (Å²) in [7, 11) is 0. The van der Waals surface area contributed by atoms with E-state index in [9.17, 15) is 5.48 Å². The molecule has 0 saturated carbocycles. The van der Waals surface area contributed by atoms with Crippen molar-refractivity contribution in [3.8, 4) is 39.3 Å². The monoisotopic (exact) mass is 580 g/mol. The molecule has 9 aromatic rings. The minimum absolute atomic E-state index is 0.183. The molecule has 9 rings (SSSR count). The van der Waals surface area contributed by atoms with Crippen LogP contribution in [0, 0.1) is 0 Å². The third kappa shape index (κ3) is 4.07. The topological polar surface area (TPSA) is 17.8 Å². The second kappa shape index (κ2) is 10.3. The Hall–Kier alpha value is -5.99. The summed E-state index contributed by atoms with van der Waals surface area (Å²) in [5.74, 6) is 0.748. The lowest BCUT2D eigenvalue weighted by molar-refractivity contribution is 1.10. The van der Waals surface area contributed by atoms with Gasteiger partial charge in [-0.05, 0) is 78.8 Å². The third-order valence-electron chi connectivity index (χ3n) is 8.44. The van der Waals surface area contributed by atoms with Gasteiger partial charge >= 0.3 is 0 Å². The van der Waals surface area contributed by atoms with Gasteiger partial charge in [-0.25, -0.2) is 4.98 Å². The molecule has 0 radical (unpaired) electrons. The summed E-state index contributed by atoms with van der Waals surface area (Å²) in [5, 5.41) is 2.42. The molecule has 0 N–H and O–H groups in total. The molecule has 210 valence electrons. The van der Waals surface area contributed by atoms with E-state index in [1.807, 2.05) is 121 Å². The van der Waals surface area contributed by atoms with Crippen molar-refractivity contribution in [2.45, 2.75) is 0 Å². The molecule has 0 aliphatic carbocycles. The Balaban J connectivity index is 1.42. The molecule has 1 aromatic heterocycles. The van der Waals surface area contributed by atoms with Crippen LogP contribution < -0.4 is 0 Å². The van der Waals surface area contributed by atoms with Crippen molar-refractivity contribution >= 4 is 43.4 Å². The van der Waals surface area contributed by atoms with Crippen LogP contribution in [0.5, 0.6) is 0 Å². The Morgan fingerprint density at radius 3 is 1.80 bits per heavy atom. The van der Waals surface area contributed by atoms with E-state index in [1.54, 1.807) is 0 Å². The summed E-state index contributed by atoms with van der Waals surface area (Å²) in [6, 6.07) is 35.7. The molecule has 8 aromatic carbocycles. The van der Waals surface area contributed by atoms with Gasteiger partial charge in [-0.15, -0.1) is 0 Å². The number of hydrogen-bond acceptors (Lipinski definition) is 1. The average molecular weight is 581 g/mol. The highest BCUT2D eigenvalue weighted by Crippen LogP contribution is 2.45. The van der Waals surface area contributed by atoms with Crippen LogP contribution in [0.1, 0.15) is 11.0 Å². The van der Waals surface area contributed by atoms with Crippen molar-refractivity contribution in [2.75, 3.05) is 0 Å². The minimum Gasteiger partial charge on any atom is -0.292 e. The van der Waals surface area contributed by atoms with E-state index in [0.717, 1.165) is 38.9 Å². The molecule has 1 heterocycles. The molecule has 0 aliphatic heterocycles. The highest BCUT2D eigenvalue weighted by molar-refractivity contribution is 6.23. The first-order chi connectivity index (χ1) is 25.7. The van der Waals surface area contributed by atoms with Crippen molar-refractivity contribution in [3.05, 3.63) is 170 Å². The van der Waals surface area contributed by atoms with Crippen molar-refractivity contribution in [2.24, 2.45) is 0 Å². The van der Waals surface area contributed by atoms with Gasteiger partial charge in [-0.3, -0.25) is 4.57 Å². The van der Waals surface area contributed by atoms with E-state index in [4.69, 9.17) is 10.5 Å². The second-order valence-corrected chi connectivity index (χ2v) is 10.9. The van der Waals surface area contributed by atoms with E-state index < -0.39 is 24.2 Å². The van der Waals surface area contributed by atoms with Gasteiger partial charge in [-0.1, -0.05) is 145 Å². The second-order valence-electron chi connectivity index (χ2n) is 10.9. The van der Waals surface area contributed by atoms with E-state index >= 15 is 0 Å². The summed E-state index contributed by atoms with van der Waals surface area (Å²) in [6.07, 6.45) is 0. The first-order valence-electron chi connectivity index (χ1n) is 18.7. The highest BCUT2D eigenvalue weighted by Gasteiger charge is 2.19. The lowest BCUT2D eigenvalue weighted by Crippen LogP contribution is -1.98. The number of fused-ring (bicyclic) bond motifs is 4. The van der Waals surface area contributed by atoms with Gasteiger partial charge in [0.05, 0.1) is 22.0 Å². The molecule has 0 fully saturated rings. The summed E-state index contributed by atoms with van der Waals surface area (Å²) >= 11 is 0. The Kier molecular flexibility index (Phi) is 4.27. The number of imidazole rings is 1. The quantitative estimate of drug-likeness (QED) is 0.189. The first kappa shape index (κ1) is 18.6. The number of aromatic nitrogens is 2. The largest absolute Gasteiger partial charge is 0.292 e. The maximum absolute atomic E-state index is 9.31. The molecule has 2 heteroatoms. The maximum atomic E-state index is 9.31. The van der Waals surface area contributed by atoms with Crippen LogP contribution in [0.2, 0.25) is 0 Å². The zero-order chi connectivity index (χ0) is 36.7. The lowest BCUT2D eigenvalue weighted by Gasteiger charge is -2.19. The maximum Gasteiger partial charge on any atom is 0.145 e. The smallest absolute Gasteiger partial charge is 0.145 e. The van der Waals surface area contributed by atoms with E-state index in [2.05, 4.69) is 4.57 Å². The molecular weight excluding hydrogens is 544 g/mol. The molecule has 0 unspecified atom stereocenters. The normalized spacial score (nSPS) is 14.0. The van der Waals surface area contributed by atoms with E-state index in [1.165, 1.54) is 0 Å². The SMILES string of the molecule is [2H]c1c([2H])c([2H])c2c(-c3cccc4ccccc34)c3c([2H])c([2H])c([2H])c([2H])c3c(-c3ccc(-n4c(-c5ccccc5)nc5ccccc54)cc3)c2c1[2H]. The molecule has 0 spiro atoms. The molecule has 2 nitrogen and oxygen atoms in total. The molecule has 0 aliphatic rings. The van der Waals surface area contributed by atoms with Crippen LogP contribution in [0.25, 0.3) is 82.7 Å². The molecule has 45 heavy (non-hydrogen) atoms. The standard InChI is InChI=1S/C43H28N2/c1-2-14-31(15-3-1)43-44-39-23-10-11-24-40(39)45(43)32-27-25-30(26-28-32)41-35-18-6-8-20-37(35)42(38-21-9-7-19-36(38)41)34-22-12-16-29-13-4-5-17-33(29)34/h1-28H/i6D,7D,8D,9D,18D,19D,20D,21D. The predicted molar refractivity (Wildman–Crippen MR) is 190 cm³/mol. The number of rotatable bonds is 4. The first-order valence-corrected chi connectivity index (χ1v) is 14.7. The van der Waals surface area contributed by atoms with Gasteiger partial charge in [0, 0.05) is 11.3 Å². The van der Waals surface area contributed by atoms with Gasteiger partial charge in [0.2, 0.25) is 0 Å². The number of hydrogen-bond donors (Lipinski definition) is 0.